The van der Waals surface area contributed by atoms with Gasteiger partial charge >= 0.3 is 0 Å². The summed E-state index contributed by atoms with van der Waals surface area (Å²) in [5, 5.41) is -0.236. The van der Waals surface area contributed by atoms with Crippen LogP contribution in [0.2, 0.25) is 5.15 Å². The molecular formula is C6H2BrCl2NO. The van der Waals surface area contributed by atoms with E-state index in [0.717, 1.165) is 0 Å². The molecule has 0 spiro atoms. The van der Waals surface area contributed by atoms with Gasteiger partial charge in [0.2, 0.25) is 0 Å². The molecule has 0 atom stereocenters. The predicted molar refractivity (Wildman–Crippen MR) is 47.1 cm³/mol. The third-order valence-corrected chi connectivity index (χ3v) is 2.05. The van der Waals surface area contributed by atoms with Crippen LogP contribution in [-0.2, 0) is 0 Å². The predicted octanol–water partition coefficient (Wildman–Crippen LogP) is 2.88. The first-order chi connectivity index (χ1) is 5.11. The highest BCUT2D eigenvalue weighted by atomic mass is 79.9. The van der Waals surface area contributed by atoms with Crippen LogP contribution < -0.4 is 0 Å². The molecule has 1 heterocycles. The van der Waals surface area contributed by atoms with E-state index in [4.69, 9.17) is 23.2 Å². The first-order valence-electron chi connectivity index (χ1n) is 2.63. The second kappa shape index (κ2) is 3.52. The lowest BCUT2D eigenvalue weighted by Crippen LogP contribution is -1.92. The highest BCUT2D eigenvalue weighted by molar-refractivity contribution is 9.10. The van der Waals surface area contributed by atoms with E-state index in [9.17, 15) is 4.79 Å². The third-order valence-electron chi connectivity index (χ3n) is 1.03. The summed E-state index contributed by atoms with van der Waals surface area (Å²) in [6, 6.07) is 3.01. The Hall–Kier alpha value is -0.120. The van der Waals surface area contributed by atoms with E-state index < -0.39 is 5.24 Å². The van der Waals surface area contributed by atoms with Crippen molar-refractivity contribution in [2.75, 3.05) is 0 Å². The summed E-state index contributed by atoms with van der Waals surface area (Å²) in [5.41, 5.74) is 0.316. The van der Waals surface area contributed by atoms with Crippen molar-refractivity contribution in [3.05, 3.63) is 27.5 Å². The van der Waals surface area contributed by atoms with Gasteiger partial charge in [-0.05, 0) is 39.7 Å². The molecule has 0 aliphatic carbocycles. The number of nitrogens with zero attached hydrogens (tertiary/aromatic N) is 1. The Kier molecular flexibility index (Phi) is 2.87. The standard InChI is InChI=1S/C6H2BrCl2NO/c7-5-3(6(9)11)1-2-4(8)10-5/h1-2H. The van der Waals surface area contributed by atoms with Gasteiger partial charge in [0.15, 0.2) is 0 Å². The minimum atomic E-state index is -0.555. The van der Waals surface area contributed by atoms with E-state index in [1.54, 1.807) is 0 Å². The number of rotatable bonds is 1. The first kappa shape index (κ1) is 8.97. The molecule has 5 heteroatoms. The molecule has 0 saturated heterocycles. The first-order valence-corrected chi connectivity index (χ1v) is 4.18. The molecular weight excluding hydrogens is 253 g/mol. The van der Waals surface area contributed by atoms with Crippen LogP contribution in [0.3, 0.4) is 0 Å². The summed E-state index contributed by atoms with van der Waals surface area (Å²) in [6.07, 6.45) is 0. The molecule has 2 nitrogen and oxygen atoms in total. The normalized spacial score (nSPS) is 9.73. The molecule has 1 aromatic heterocycles. The van der Waals surface area contributed by atoms with E-state index in [0.29, 0.717) is 15.3 Å². The number of carbonyl (C=O) groups excluding carboxylic acids is 1. The fourth-order valence-corrected chi connectivity index (χ4v) is 1.58. The van der Waals surface area contributed by atoms with Gasteiger partial charge in [-0.3, -0.25) is 4.79 Å². The summed E-state index contributed by atoms with van der Waals surface area (Å²) >= 11 is 13.8. The van der Waals surface area contributed by atoms with Gasteiger partial charge in [-0.1, -0.05) is 11.6 Å². The Morgan fingerprint density at radius 3 is 2.64 bits per heavy atom. The summed E-state index contributed by atoms with van der Waals surface area (Å²) in [5.74, 6) is 0. The van der Waals surface area contributed by atoms with Crippen LogP contribution >= 0.6 is 39.1 Å². The molecule has 0 N–H and O–H groups in total. The monoisotopic (exact) mass is 253 g/mol. The molecule has 0 fully saturated rings. The number of carbonyl (C=O) groups is 1. The summed E-state index contributed by atoms with van der Waals surface area (Å²) in [6.45, 7) is 0. The molecule has 11 heavy (non-hydrogen) atoms. The van der Waals surface area contributed by atoms with Crippen LogP contribution in [0.4, 0.5) is 0 Å². The second-order valence-corrected chi connectivity index (χ2v) is 3.23. The molecule has 0 bridgehead atoms. The van der Waals surface area contributed by atoms with Crippen molar-refractivity contribution in [3.8, 4) is 0 Å². The van der Waals surface area contributed by atoms with Crippen LogP contribution in [0.25, 0.3) is 0 Å². The highest BCUT2D eigenvalue weighted by Crippen LogP contribution is 2.18. The average molecular weight is 255 g/mol. The van der Waals surface area contributed by atoms with E-state index in [1.807, 2.05) is 0 Å². The quantitative estimate of drug-likeness (QED) is 0.570. The van der Waals surface area contributed by atoms with E-state index in [2.05, 4.69) is 20.9 Å². The SMILES string of the molecule is O=C(Cl)c1ccc(Cl)nc1Br. The van der Waals surface area contributed by atoms with Gasteiger partial charge < -0.3 is 0 Å². The number of halogens is 3. The Labute approximate surface area is 81.7 Å². The van der Waals surface area contributed by atoms with Crippen molar-refractivity contribution in [2.45, 2.75) is 0 Å². The van der Waals surface area contributed by atoms with Crippen molar-refractivity contribution < 1.29 is 4.79 Å². The van der Waals surface area contributed by atoms with Crippen molar-refractivity contribution in [3.63, 3.8) is 0 Å². The lowest BCUT2D eigenvalue weighted by molar-refractivity contribution is 0.108. The van der Waals surface area contributed by atoms with Gasteiger partial charge in [0.25, 0.3) is 5.24 Å². The van der Waals surface area contributed by atoms with Gasteiger partial charge in [-0.15, -0.1) is 0 Å². The van der Waals surface area contributed by atoms with Crippen LogP contribution in [-0.4, -0.2) is 10.2 Å². The summed E-state index contributed by atoms with van der Waals surface area (Å²) in [7, 11) is 0. The number of hydrogen-bond donors (Lipinski definition) is 0. The zero-order chi connectivity index (χ0) is 8.43. The average Bonchev–Trinajstić information content (AvgIpc) is 1.85. The third kappa shape index (κ3) is 2.15. The maximum absolute atomic E-state index is 10.6. The van der Waals surface area contributed by atoms with Gasteiger partial charge in [0.1, 0.15) is 9.76 Å². The molecule has 0 amide bonds. The molecule has 58 valence electrons. The number of pyridine rings is 1. The molecule has 0 aliphatic heterocycles. The molecule has 0 unspecified atom stereocenters. The van der Waals surface area contributed by atoms with Crippen LogP contribution in [0.1, 0.15) is 10.4 Å². The van der Waals surface area contributed by atoms with Crippen LogP contribution in [0.5, 0.6) is 0 Å². The Balaban J connectivity index is 3.20. The maximum atomic E-state index is 10.6. The minimum Gasteiger partial charge on any atom is -0.276 e. The van der Waals surface area contributed by atoms with Gasteiger partial charge in [-0.2, -0.15) is 0 Å². The summed E-state index contributed by atoms with van der Waals surface area (Å²) in [4.78, 5) is 14.4. The molecule has 0 aliphatic rings. The van der Waals surface area contributed by atoms with Crippen molar-refractivity contribution in [1.29, 1.82) is 0 Å². The molecule has 0 aromatic carbocycles. The van der Waals surface area contributed by atoms with E-state index in [1.165, 1.54) is 12.1 Å². The molecule has 0 saturated carbocycles. The smallest absolute Gasteiger partial charge is 0.255 e. The lowest BCUT2D eigenvalue weighted by atomic mass is 10.3. The summed E-state index contributed by atoms with van der Waals surface area (Å²) < 4.78 is 0.366. The molecule has 0 radical (unpaired) electrons. The fourth-order valence-electron chi connectivity index (χ4n) is 0.559. The van der Waals surface area contributed by atoms with Gasteiger partial charge in [0.05, 0.1) is 5.56 Å². The highest BCUT2D eigenvalue weighted by Gasteiger charge is 2.07. The van der Waals surface area contributed by atoms with Crippen molar-refractivity contribution in [1.82, 2.24) is 4.98 Å². The fraction of sp³-hybridized carbons (Fsp3) is 0. The molecule has 1 aromatic rings. The lowest BCUT2D eigenvalue weighted by Gasteiger charge is -1.96. The van der Waals surface area contributed by atoms with Gasteiger partial charge in [0, 0.05) is 0 Å². The molecule has 1 rings (SSSR count). The van der Waals surface area contributed by atoms with Gasteiger partial charge in [-0.25, -0.2) is 4.98 Å². The zero-order valence-corrected chi connectivity index (χ0v) is 8.24. The van der Waals surface area contributed by atoms with E-state index in [-0.39, 0.29) is 0 Å². The second-order valence-electron chi connectivity index (χ2n) is 1.75. The van der Waals surface area contributed by atoms with Crippen molar-refractivity contribution >= 4 is 44.4 Å². The van der Waals surface area contributed by atoms with E-state index >= 15 is 0 Å². The Morgan fingerprint density at radius 1 is 1.55 bits per heavy atom. The maximum Gasteiger partial charge on any atom is 0.255 e. The largest absolute Gasteiger partial charge is 0.276 e. The Morgan fingerprint density at radius 2 is 2.18 bits per heavy atom. The topological polar surface area (TPSA) is 30.0 Å². The zero-order valence-electron chi connectivity index (χ0n) is 5.14. The number of hydrogen-bond acceptors (Lipinski definition) is 2. The van der Waals surface area contributed by atoms with Crippen LogP contribution in [0.15, 0.2) is 16.7 Å². The van der Waals surface area contributed by atoms with Crippen molar-refractivity contribution in [2.24, 2.45) is 0 Å². The number of aromatic nitrogens is 1. The Bertz CT molecular complexity index is 303. The minimum absolute atomic E-state index is 0.316. The van der Waals surface area contributed by atoms with Crippen LogP contribution in [0, 0.1) is 0 Å².